The highest BCUT2D eigenvalue weighted by Crippen LogP contribution is 2.32. The quantitative estimate of drug-likeness (QED) is 0.800. The number of hydrogen-bond acceptors (Lipinski definition) is 2. The summed E-state index contributed by atoms with van der Waals surface area (Å²) >= 11 is 0. The SMILES string of the molecule is C[C@@](N)(CC1CCCCC1)c1ncc[nH]1. The van der Waals surface area contributed by atoms with E-state index in [9.17, 15) is 0 Å². The van der Waals surface area contributed by atoms with E-state index in [2.05, 4.69) is 16.9 Å². The average molecular weight is 207 g/mol. The second-order valence-electron chi connectivity index (χ2n) is 5.06. The Labute approximate surface area is 91.5 Å². The summed E-state index contributed by atoms with van der Waals surface area (Å²) in [5.41, 5.74) is 6.03. The fourth-order valence-corrected chi connectivity index (χ4v) is 2.67. The molecule has 0 unspecified atom stereocenters. The van der Waals surface area contributed by atoms with E-state index in [1.807, 2.05) is 6.20 Å². The van der Waals surface area contributed by atoms with E-state index in [1.54, 1.807) is 6.20 Å². The zero-order chi connectivity index (χ0) is 10.7. The minimum atomic E-state index is -0.286. The molecule has 1 atom stereocenters. The summed E-state index contributed by atoms with van der Waals surface area (Å²) in [4.78, 5) is 7.40. The van der Waals surface area contributed by atoms with E-state index < -0.39 is 0 Å². The van der Waals surface area contributed by atoms with E-state index in [1.165, 1.54) is 32.1 Å². The fraction of sp³-hybridized carbons (Fsp3) is 0.750. The first-order valence-corrected chi connectivity index (χ1v) is 5.97. The van der Waals surface area contributed by atoms with E-state index in [-0.39, 0.29) is 5.54 Å². The van der Waals surface area contributed by atoms with Crippen molar-refractivity contribution in [3.8, 4) is 0 Å². The lowest BCUT2D eigenvalue weighted by atomic mass is 9.80. The third-order valence-electron chi connectivity index (χ3n) is 3.48. The molecule has 0 spiro atoms. The van der Waals surface area contributed by atoms with Gasteiger partial charge in [-0.1, -0.05) is 32.1 Å². The normalized spacial score (nSPS) is 22.5. The molecule has 0 amide bonds. The van der Waals surface area contributed by atoms with Crippen LogP contribution in [0.1, 0.15) is 51.3 Å². The standard InChI is InChI=1S/C12H21N3/c1-12(13,11-14-7-8-15-11)9-10-5-3-2-4-6-10/h7-8,10H,2-6,9,13H2,1H3,(H,14,15)/t12-/m1/s1. The van der Waals surface area contributed by atoms with Crippen molar-refractivity contribution in [2.45, 2.75) is 51.0 Å². The van der Waals surface area contributed by atoms with Gasteiger partial charge in [0.1, 0.15) is 5.82 Å². The van der Waals surface area contributed by atoms with Gasteiger partial charge in [0.25, 0.3) is 0 Å². The maximum Gasteiger partial charge on any atom is 0.125 e. The van der Waals surface area contributed by atoms with Gasteiger partial charge >= 0.3 is 0 Å². The van der Waals surface area contributed by atoms with Gasteiger partial charge < -0.3 is 10.7 Å². The van der Waals surface area contributed by atoms with E-state index in [0.717, 1.165) is 18.2 Å². The largest absolute Gasteiger partial charge is 0.347 e. The lowest BCUT2D eigenvalue weighted by Gasteiger charge is -2.30. The Morgan fingerprint density at radius 1 is 1.47 bits per heavy atom. The molecule has 0 radical (unpaired) electrons. The number of aromatic nitrogens is 2. The van der Waals surface area contributed by atoms with Gasteiger partial charge in [0.2, 0.25) is 0 Å². The highest BCUT2D eigenvalue weighted by Gasteiger charge is 2.28. The summed E-state index contributed by atoms with van der Waals surface area (Å²) < 4.78 is 0. The Morgan fingerprint density at radius 3 is 2.80 bits per heavy atom. The van der Waals surface area contributed by atoms with Crippen molar-refractivity contribution in [3.05, 3.63) is 18.2 Å². The van der Waals surface area contributed by atoms with Crippen LogP contribution in [-0.2, 0) is 5.54 Å². The molecular weight excluding hydrogens is 186 g/mol. The van der Waals surface area contributed by atoms with Crippen LogP contribution in [0.3, 0.4) is 0 Å². The first kappa shape index (κ1) is 10.7. The smallest absolute Gasteiger partial charge is 0.125 e. The van der Waals surface area contributed by atoms with Crippen LogP contribution >= 0.6 is 0 Å². The number of hydrogen-bond donors (Lipinski definition) is 2. The molecule has 0 saturated heterocycles. The third-order valence-corrected chi connectivity index (χ3v) is 3.48. The van der Waals surface area contributed by atoms with Gasteiger partial charge in [0.15, 0.2) is 0 Å². The maximum atomic E-state index is 6.32. The molecule has 15 heavy (non-hydrogen) atoms. The number of aromatic amines is 1. The van der Waals surface area contributed by atoms with Gasteiger partial charge in [0, 0.05) is 12.4 Å². The first-order valence-electron chi connectivity index (χ1n) is 5.97. The molecular formula is C12H21N3. The lowest BCUT2D eigenvalue weighted by Crippen LogP contribution is -2.37. The molecule has 1 aromatic heterocycles. The first-order chi connectivity index (χ1) is 7.18. The van der Waals surface area contributed by atoms with Crippen LogP contribution in [0.4, 0.5) is 0 Å². The third kappa shape index (κ3) is 2.59. The number of imidazole rings is 1. The van der Waals surface area contributed by atoms with E-state index >= 15 is 0 Å². The molecule has 0 aliphatic heterocycles. The topological polar surface area (TPSA) is 54.7 Å². The summed E-state index contributed by atoms with van der Waals surface area (Å²) in [7, 11) is 0. The molecule has 1 saturated carbocycles. The summed E-state index contributed by atoms with van der Waals surface area (Å²) in [6.45, 7) is 2.08. The highest BCUT2D eigenvalue weighted by atomic mass is 15.0. The lowest BCUT2D eigenvalue weighted by molar-refractivity contribution is 0.265. The molecule has 3 heteroatoms. The minimum Gasteiger partial charge on any atom is -0.347 e. The predicted molar refractivity (Wildman–Crippen MR) is 61.3 cm³/mol. The highest BCUT2D eigenvalue weighted by molar-refractivity contribution is 5.03. The number of H-pyrrole nitrogens is 1. The van der Waals surface area contributed by atoms with Crippen LogP contribution in [-0.4, -0.2) is 9.97 Å². The van der Waals surface area contributed by atoms with Gasteiger partial charge in [0.05, 0.1) is 5.54 Å². The Bertz CT molecular complexity index is 284. The Morgan fingerprint density at radius 2 is 2.20 bits per heavy atom. The molecule has 2 rings (SSSR count). The molecule has 1 fully saturated rings. The molecule has 84 valence electrons. The number of nitrogens with two attached hydrogens (primary N) is 1. The predicted octanol–water partition coefficient (Wildman–Crippen LogP) is 2.55. The van der Waals surface area contributed by atoms with E-state index in [4.69, 9.17) is 5.73 Å². The van der Waals surface area contributed by atoms with Crippen LogP contribution < -0.4 is 5.73 Å². The van der Waals surface area contributed by atoms with Gasteiger partial charge in [-0.25, -0.2) is 4.98 Å². The summed E-state index contributed by atoms with van der Waals surface area (Å²) in [6.07, 6.45) is 11.5. The molecule has 1 aliphatic rings. The van der Waals surface area contributed by atoms with Gasteiger partial charge in [-0.2, -0.15) is 0 Å². The van der Waals surface area contributed by atoms with Crippen molar-refractivity contribution in [2.24, 2.45) is 11.7 Å². The van der Waals surface area contributed by atoms with Crippen LogP contribution in [0, 0.1) is 5.92 Å². The van der Waals surface area contributed by atoms with Crippen molar-refractivity contribution in [3.63, 3.8) is 0 Å². The summed E-state index contributed by atoms with van der Waals surface area (Å²) in [5, 5.41) is 0. The summed E-state index contributed by atoms with van der Waals surface area (Å²) in [6, 6.07) is 0. The molecule has 0 aromatic carbocycles. The molecule has 3 N–H and O–H groups in total. The van der Waals surface area contributed by atoms with Crippen LogP contribution in [0.15, 0.2) is 12.4 Å². The number of nitrogens with one attached hydrogen (secondary N) is 1. The van der Waals surface area contributed by atoms with Crippen molar-refractivity contribution in [2.75, 3.05) is 0 Å². The number of rotatable bonds is 3. The van der Waals surface area contributed by atoms with Crippen LogP contribution in [0.25, 0.3) is 0 Å². The van der Waals surface area contributed by atoms with Gasteiger partial charge in [-0.05, 0) is 19.3 Å². The molecule has 0 bridgehead atoms. The van der Waals surface area contributed by atoms with E-state index in [0.29, 0.717) is 0 Å². The molecule has 3 nitrogen and oxygen atoms in total. The molecule has 1 aliphatic carbocycles. The molecule has 1 heterocycles. The van der Waals surface area contributed by atoms with Crippen molar-refractivity contribution >= 4 is 0 Å². The molecule has 1 aromatic rings. The van der Waals surface area contributed by atoms with Crippen LogP contribution in [0.5, 0.6) is 0 Å². The monoisotopic (exact) mass is 207 g/mol. The van der Waals surface area contributed by atoms with Crippen LogP contribution in [0.2, 0.25) is 0 Å². The van der Waals surface area contributed by atoms with Crippen molar-refractivity contribution in [1.29, 1.82) is 0 Å². The zero-order valence-corrected chi connectivity index (χ0v) is 9.50. The Balaban J connectivity index is 1.97. The Kier molecular flexibility index (Phi) is 3.10. The maximum absolute atomic E-state index is 6.32. The second kappa shape index (κ2) is 4.35. The fourth-order valence-electron chi connectivity index (χ4n) is 2.67. The second-order valence-corrected chi connectivity index (χ2v) is 5.06. The van der Waals surface area contributed by atoms with Crippen molar-refractivity contribution in [1.82, 2.24) is 9.97 Å². The summed E-state index contributed by atoms with van der Waals surface area (Å²) in [5.74, 6) is 1.71. The zero-order valence-electron chi connectivity index (χ0n) is 9.50. The minimum absolute atomic E-state index is 0.286. The van der Waals surface area contributed by atoms with Gasteiger partial charge in [-0.15, -0.1) is 0 Å². The van der Waals surface area contributed by atoms with Crippen molar-refractivity contribution < 1.29 is 0 Å². The average Bonchev–Trinajstić information content (AvgIpc) is 2.71. The van der Waals surface area contributed by atoms with Gasteiger partial charge in [-0.3, -0.25) is 0 Å². The number of nitrogens with zero attached hydrogens (tertiary/aromatic N) is 1. The Hall–Kier alpha value is -0.830.